The average molecular weight is 829 g/mol. The molecule has 8 aromatic carbocycles. The predicted octanol–water partition coefficient (Wildman–Crippen LogP) is 6.19. The first-order valence-corrected chi connectivity index (χ1v) is 26.7. The highest BCUT2D eigenvalue weighted by atomic mass is 31.2. The number of hydrogen-bond acceptors (Lipinski definition) is 3. The van der Waals surface area contributed by atoms with Crippen LogP contribution in [0.25, 0.3) is 0 Å². The normalized spacial score (nSPS) is 11.0. The van der Waals surface area contributed by atoms with E-state index in [0.717, 1.165) is 0 Å². The molecule has 0 aliphatic rings. The maximum atomic E-state index is 8.42. The van der Waals surface area contributed by atoms with E-state index >= 15 is 0 Å². The van der Waals surface area contributed by atoms with Gasteiger partial charge in [0.15, 0.2) is 0 Å². The third-order valence-corrected chi connectivity index (χ3v) is 17.7. The molecule has 0 radical (unpaired) electrons. The van der Waals surface area contributed by atoms with Crippen molar-refractivity contribution in [3.05, 3.63) is 243 Å². The molecule has 0 saturated carbocycles. The minimum atomic E-state index is -2.92. The summed E-state index contributed by atoms with van der Waals surface area (Å²) in [5.74, 6) is 0. The van der Waals surface area contributed by atoms with Crippen LogP contribution in [0, 0.1) is 0 Å². The second-order valence-electron chi connectivity index (χ2n) is 15.0. The summed E-state index contributed by atoms with van der Waals surface area (Å²) in [5.41, 5.74) is 0. The Balaban J connectivity index is 0.000000186. The molecule has 8 aromatic rings. The third kappa shape index (κ3) is 12.0. The lowest BCUT2D eigenvalue weighted by molar-refractivity contribution is -0.479. The molecule has 0 atom stereocenters. The van der Waals surface area contributed by atoms with Crippen molar-refractivity contribution in [2.45, 2.75) is 0 Å². The Bertz CT molecular complexity index is 1840. The van der Waals surface area contributed by atoms with Gasteiger partial charge in [-0.2, -0.15) is 0 Å². The van der Waals surface area contributed by atoms with Gasteiger partial charge in [-0.05, 0) is 97.1 Å². The molecule has 0 amide bonds. The van der Waals surface area contributed by atoms with Crippen molar-refractivity contribution >= 4 is 71.5 Å². The van der Waals surface area contributed by atoms with E-state index in [2.05, 4.69) is 269 Å². The molecule has 0 aromatic heterocycles. The number of benzene rings is 8. The maximum absolute atomic E-state index is 8.42. The summed E-state index contributed by atoms with van der Waals surface area (Å²) in [5, 5.41) is 36.4. The molecule has 0 heterocycles. The van der Waals surface area contributed by atoms with Crippen LogP contribution < -0.4 is 57.5 Å². The van der Waals surface area contributed by atoms with E-state index in [0.29, 0.717) is 0 Å². The first-order valence-electron chi connectivity index (χ1n) is 19.6. The molecule has 0 aliphatic carbocycles. The summed E-state index contributed by atoms with van der Waals surface area (Å²) in [4.78, 5) is 0. The van der Waals surface area contributed by atoms with Gasteiger partial charge in [0, 0.05) is 33.9 Å². The smallest absolute Gasteiger partial charge is 0.144 e. The highest BCUT2D eigenvalue weighted by Crippen LogP contribution is 2.55. The standard InChI is InChI=1S/2C24H20P.C4H12P.BO3/c2*1-5-13-21(14-6-1)25(22-15-7-2-8-16-22,23-17-9-3-10-18-23)24-19-11-4-12-20-24;1-5(2,3)4;2-1(3)4/h2*1-20H;1-4H3;/q3*+1;-3. The van der Waals surface area contributed by atoms with E-state index in [1.807, 2.05) is 0 Å². The Labute approximate surface area is 354 Å². The lowest BCUT2D eigenvalue weighted by atomic mass is 10.3. The first kappa shape index (κ1) is 45.1. The second kappa shape index (κ2) is 22.4. The van der Waals surface area contributed by atoms with E-state index in [-0.39, 0.29) is 7.26 Å². The maximum Gasteiger partial charge on any atom is 0.144 e. The van der Waals surface area contributed by atoms with Crippen molar-refractivity contribution < 1.29 is 15.1 Å². The summed E-state index contributed by atoms with van der Waals surface area (Å²) in [6, 6.07) is 87.7. The molecule has 0 N–H and O–H groups in total. The van der Waals surface area contributed by atoms with Gasteiger partial charge in [0.2, 0.25) is 0 Å². The summed E-state index contributed by atoms with van der Waals surface area (Å²) in [6.45, 7) is 9.19. The van der Waals surface area contributed by atoms with E-state index < -0.39 is 21.8 Å². The monoisotopic (exact) mass is 828 g/mol. The van der Waals surface area contributed by atoms with Crippen molar-refractivity contribution in [2.75, 3.05) is 26.7 Å². The van der Waals surface area contributed by atoms with Gasteiger partial charge in [0.25, 0.3) is 0 Å². The van der Waals surface area contributed by atoms with Gasteiger partial charge < -0.3 is 15.1 Å². The van der Waals surface area contributed by atoms with Gasteiger partial charge in [0.1, 0.15) is 57.0 Å². The highest BCUT2D eigenvalue weighted by molar-refractivity contribution is 8.02. The lowest BCUT2D eigenvalue weighted by Crippen LogP contribution is -2.56. The van der Waals surface area contributed by atoms with E-state index in [1.54, 1.807) is 0 Å². The zero-order valence-corrected chi connectivity index (χ0v) is 36.9. The molecule has 0 bridgehead atoms. The fourth-order valence-electron chi connectivity index (χ4n) is 7.00. The van der Waals surface area contributed by atoms with Gasteiger partial charge >= 0.3 is 0 Å². The molecular weight excluding hydrogens is 776 g/mol. The molecule has 3 nitrogen and oxygen atoms in total. The van der Waals surface area contributed by atoms with Crippen LogP contribution in [0.5, 0.6) is 0 Å². The van der Waals surface area contributed by atoms with Crippen LogP contribution in [0.2, 0.25) is 0 Å². The number of hydrogen-bond donors (Lipinski definition) is 0. The Morgan fingerprint density at radius 1 is 0.237 bits per heavy atom. The van der Waals surface area contributed by atoms with Crippen LogP contribution in [0.4, 0.5) is 0 Å². The quantitative estimate of drug-likeness (QED) is 0.136. The summed E-state index contributed by atoms with van der Waals surface area (Å²) in [7, 11) is -7.12. The van der Waals surface area contributed by atoms with Gasteiger partial charge in [-0.1, -0.05) is 146 Å². The molecule has 0 spiro atoms. The Hall–Kier alpha value is -5.01. The van der Waals surface area contributed by atoms with E-state index in [4.69, 9.17) is 15.1 Å². The molecule has 296 valence electrons. The molecule has 7 heteroatoms. The fourth-order valence-corrected chi connectivity index (χ4v) is 15.5. The van der Waals surface area contributed by atoms with Gasteiger partial charge in [-0.25, -0.2) is 0 Å². The van der Waals surface area contributed by atoms with E-state index in [1.165, 1.54) is 42.4 Å². The topological polar surface area (TPSA) is 69.2 Å². The lowest BCUT2D eigenvalue weighted by Gasteiger charge is -2.35. The van der Waals surface area contributed by atoms with Crippen LogP contribution in [0.15, 0.2) is 243 Å². The number of rotatable bonds is 8. The SMILES string of the molecule is C[P+](C)(C)C.[O-]B([O-])[O-].c1ccc([P+](c2ccccc2)(c2ccccc2)c2ccccc2)cc1.c1ccc([P+](c2ccccc2)(c2ccccc2)c2ccccc2)cc1. The second-order valence-corrected chi connectivity index (χ2v) is 27.2. The fraction of sp³-hybridized carbons (Fsp3) is 0.0769. The van der Waals surface area contributed by atoms with Crippen molar-refractivity contribution in [2.24, 2.45) is 0 Å². The third-order valence-electron chi connectivity index (χ3n) is 9.15. The molecule has 0 fully saturated rings. The van der Waals surface area contributed by atoms with Crippen LogP contribution in [0.1, 0.15) is 0 Å². The van der Waals surface area contributed by atoms with Crippen LogP contribution >= 0.6 is 21.8 Å². The van der Waals surface area contributed by atoms with Crippen LogP contribution in [-0.2, 0) is 0 Å². The van der Waals surface area contributed by atoms with Crippen LogP contribution in [0.3, 0.4) is 0 Å². The van der Waals surface area contributed by atoms with Crippen molar-refractivity contribution in [1.82, 2.24) is 0 Å². The molecule has 0 aliphatic heterocycles. The summed E-state index contributed by atoms with van der Waals surface area (Å²) in [6.07, 6.45) is 0. The first-order chi connectivity index (χ1) is 28.6. The molecule has 0 saturated heterocycles. The van der Waals surface area contributed by atoms with Crippen LogP contribution in [-0.4, -0.2) is 34.0 Å². The van der Waals surface area contributed by atoms with Gasteiger partial charge in [0.05, 0.1) is 0 Å². The molecular formula is C52H52BO3P3. The Morgan fingerprint density at radius 2 is 0.322 bits per heavy atom. The zero-order valence-electron chi connectivity index (χ0n) is 34.2. The summed E-state index contributed by atoms with van der Waals surface area (Å²) < 4.78 is 0. The van der Waals surface area contributed by atoms with Crippen molar-refractivity contribution in [3.8, 4) is 0 Å². The largest absolute Gasteiger partial charge is 0.907 e. The Morgan fingerprint density at radius 3 is 0.407 bits per heavy atom. The van der Waals surface area contributed by atoms with E-state index in [9.17, 15) is 0 Å². The minimum absolute atomic E-state index is 0.389. The molecule has 8 rings (SSSR count). The highest BCUT2D eigenvalue weighted by Gasteiger charge is 2.48. The molecule has 0 unspecified atom stereocenters. The average Bonchev–Trinajstić information content (AvgIpc) is 3.27. The van der Waals surface area contributed by atoms with Gasteiger partial charge in [-0.15, -0.1) is 0 Å². The Kier molecular flexibility index (Phi) is 17.1. The van der Waals surface area contributed by atoms with Gasteiger partial charge in [-0.3, -0.25) is 7.32 Å². The summed E-state index contributed by atoms with van der Waals surface area (Å²) >= 11 is 0. The van der Waals surface area contributed by atoms with Crippen molar-refractivity contribution in [3.63, 3.8) is 0 Å². The minimum Gasteiger partial charge on any atom is -0.907 e. The predicted molar refractivity (Wildman–Crippen MR) is 259 cm³/mol. The zero-order chi connectivity index (χ0) is 42.0. The van der Waals surface area contributed by atoms with Crippen molar-refractivity contribution in [1.29, 1.82) is 0 Å². The molecule has 59 heavy (non-hydrogen) atoms.